The molecule has 1 heterocycles. The summed E-state index contributed by atoms with van der Waals surface area (Å²) in [6.45, 7) is 6.23. The van der Waals surface area contributed by atoms with Gasteiger partial charge in [0.2, 0.25) is 0 Å². The molecular formula is C19H22N2O4. The Morgan fingerprint density at radius 3 is 2.36 bits per heavy atom. The monoisotopic (exact) mass is 342 g/mol. The lowest BCUT2D eigenvalue weighted by Crippen LogP contribution is -2.61. The lowest BCUT2D eigenvalue weighted by Gasteiger charge is -2.40. The molecule has 2 amide bonds. The van der Waals surface area contributed by atoms with Crippen molar-refractivity contribution in [2.24, 2.45) is 0 Å². The number of nitrogens with zero attached hydrogens (tertiary/aromatic N) is 1. The smallest absolute Gasteiger partial charge is 0.410 e. The highest BCUT2D eigenvalue weighted by Gasteiger charge is 2.34. The van der Waals surface area contributed by atoms with Crippen molar-refractivity contribution in [3.8, 4) is 5.75 Å². The average molecular weight is 342 g/mol. The van der Waals surface area contributed by atoms with Crippen LogP contribution in [0.5, 0.6) is 5.75 Å². The summed E-state index contributed by atoms with van der Waals surface area (Å²) < 4.78 is 5.28. The number of phenols is 1. The predicted octanol–water partition coefficient (Wildman–Crippen LogP) is 2.89. The molecule has 6 heteroatoms. The molecule has 0 aromatic heterocycles. The van der Waals surface area contributed by atoms with E-state index in [4.69, 9.17) is 4.74 Å². The molecule has 0 aliphatic carbocycles. The minimum atomic E-state index is -0.539. The van der Waals surface area contributed by atoms with Crippen molar-refractivity contribution in [1.82, 2.24) is 10.2 Å². The zero-order valence-electron chi connectivity index (χ0n) is 14.6. The number of phenolic OH excluding ortho intramolecular Hbond substituents is 1. The Balaban J connectivity index is 1.61. The van der Waals surface area contributed by atoms with Crippen LogP contribution in [0.25, 0.3) is 10.8 Å². The maximum absolute atomic E-state index is 12.4. The molecule has 2 aromatic carbocycles. The summed E-state index contributed by atoms with van der Waals surface area (Å²) in [5, 5.41) is 14.7. The molecule has 25 heavy (non-hydrogen) atoms. The van der Waals surface area contributed by atoms with Crippen LogP contribution >= 0.6 is 0 Å². The van der Waals surface area contributed by atoms with Gasteiger partial charge in [0.15, 0.2) is 0 Å². The van der Waals surface area contributed by atoms with Gasteiger partial charge < -0.3 is 20.1 Å². The Hall–Kier alpha value is -2.76. The van der Waals surface area contributed by atoms with Gasteiger partial charge in [0.05, 0.1) is 11.6 Å². The van der Waals surface area contributed by atoms with E-state index in [-0.39, 0.29) is 29.4 Å². The second-order valence-electron chi connectivity index (χ2n) is 7.27. The first-order valence-corrected chi connectivity index (χ1v) is 8.23. The summed E-state index contributed by atoms with van der Waals surface area (Å²) >= 11 is 0. The summed E-state index contributed by atoms with van der Waals surface area (Å²) in [7, 11) is 0. The highest BCUT2D eigenvalue weighted by Crippen LogP contribution is 2.25. The van der Waals surface area contributed by atoms with E-state index in [0.29, 0.717) is 13.1 Å². The van der Waals surface area contributed by atoms with Crippen molar-refractivity contribution in [3.05, 3.63) is 42.0 Å². The number of ether oxygens (including phenoxy) is 1. The van der Waals surface area contributed by atoms with Gasteiger partial charge in [-0.15, -0.1) is 0 Å². The molecule has 0 saturated carbocycles. The minimum Gasteiger partial charge on any atom is -0.507 e. The largest absolute Gasteiger partial charge is 0.507 e. The molecule has 2 aromatic rings. The van der Waals surface area contributed by atoms with Gasteiger partial charge >= 0.3 is 6.09 Å². The molecule has 3 rings (SSSR count). The van der Waals surface area contributed by atoms with Crippen LogP contribution in [0.3, 0.4) is 0 Å². The van der Waals surface area contributed by atoms with E-state index in [1.54, 1.807) is 12.1 Å². The fourth-order valence-corrected chi connectivity index (χ4v) is 2.72. The zero-order valence-corrected chi connectivity index (χ0v) is 14.6. The Morgan fingerprint density at radius 1 is 1.16 bits per heavy atom. The number of rotatable bonds is 2. The van der Waals surface area contributed by atoms with Gasteiger partial charge in [0, 0.05) is 13.1 Å². The van der Waals surface area contributed by atoms with Crippen molar-refractivity contribution < 1.29 is 19.4 Å². The van der Waals surface area contributed by atoms with Crippen LogP contribution in [-0.2, 0) is 4.74 Å². The fourth-order valence-electron chi connectivity index (χ4n) is 2.72. The maximum Gasteiger partial charge on any atom is 0.410 e. The molecule has 0 atom stereocenters. The number of hydrogen-bond acceptors (Lipinski definition) is 4. The minimum absolute atomic E-state index is 0.0560. The van der Waals surface area contributed by atoms with Crippen LogP contribution in [0.2, 0.25) is 0 Å². The molecule has 1 fully saturated rings. The molecule has 0 spiro atoms. The SMILES string of the molecule is CC(C)(C)OC(=O)N1CC(NC(=O)c2cc3ccccc3cc2O)C1. The third-order valence-electron chi connectivity index (χ3n) is 3.98. The van der Waals surface area contributed by atoms with Crippen molar-refractivity contribution in [2.45, 2.75) is 32.4 Å². The first kappa shape index (κ1) is 17.1. The van der Waals surface area contributed by atoms with Crippen LogP contribution in [-0.4, -0.2) is 46.7 Å². The Kier molecular flexibility index (Phi) is 4.29. The first-order valence-electron chi connectivity index (χ1n) is 8.23. The summed E-state index contributed by atoms with van der Waals surface area (Å²) in [5.41, 5.74) is -0.308. The van der Waals surface area contributed by atoms with E-state index in [9.17, 15) is 14.7 Å². The topological polar surface area (TPSA) is 78.9 Å². The van der Waals surface area contributed by atoms with Crippen molar-refractivity contribution in [1.29, 1.82) is 0 Å². The second kappa shape index (κ2) is 6.27. The molecule has 0 radical (unpaired) electrons. The molecule has 2 N–H and O–H groups in total. The van der Waals surface area contributed by atoms with Crippen molar-refractivity contribution in [3.63, 3.8) is 0 Å². The van der Waals surface area contributed by atoms with Crippen molar-refractivity contribution >= 4 is 22.8 Å². The highest BCUT2D eigenvalue weighted by atomic mass is 16.6. The third kappa shape index (κ3) is 3.84. The maximum atomic E-state index is 12.4. The highest BCUT2D eigenvalue weighted by molar-refractivity contribution is 6.01. The normalized spacial score (nSPS) is 14.9. The number of carbonyl (C=O) groups is 2. The standard InChI is InChI=1S/C19H22N2O4/c1-19(2,3)25-18(24)21-10-14(11-21)20-17(23)15-8-12-6-4-5-7-13(12)9-16(15)22/h4-9,14,22H,10-11H2,1-3H3,(H,20,23). The van der Waals surface area contributed by atoms with Crippen LogP contribution in [0, 0.1) is 0 Å². The summed E-state index contributed by atoms with van der Waals surface area (Å²) in [4.78, 5) is 25.8. The quantitative estimate of drug-likeness (QED) is 0.879. The number of carbonyl (C=O) groups excluding carboxylic acids is 2. The van der Waals surface area contributed by atoms with E-state index in [2.05, 4.69) is 5.32 Å². The van der Waals surface area contributed by atoms with Crippen LogP contribution in [0.15, 0.2) is 36.4 Å². The van der Waals surface area contributed by atoms with Crippen LogP contribution < -0.4 is 5.32 Å². The average Bonchev–Trinajstić information content (AvgIpc) is 2.47. The summed E-state index contributed by atoms with van der Waals surface area (Å²) in [6.07, 6.45) is -0.383. The number of amides is 2. The van der Waals surface area contributed by atoms with E-state index in [1.165, 1.54) is 4.90 Å². The molecular weight excluding hydrogens is 320 g/mol. The first-order chi connectivity index (χ1) is 11.7. The van der Waals surface area contributed by atoms with Gasteiger partial charge in [0.1, 0.15) is 11.4 Å². The number of hydrogen-bond donors (Lipinski definition) is 2. The van der Waals surface area contributed by atoms with Gasteiger partial charge in [-0.25, -0.2) is 4.79 Å². The fraction of sp³-hybridized carbons (Fsp3) is 0.368. The third-order valence-corrected chi connectivity index (χ3v) is 3.98. The molecule has 132 valence electrons. The van der Waals surface area contributed by atoms with Gasteiger partial charge in [-0.3, -0.25) is 4.79 Å². The number of benzene rings is 2. The van der Waals surface area contributed by atoms with E-state index in [1.807, 2.05) is 45.0 Å². The Labute approximate surface area is 146 Å². The number of likely N-dealkylation sites (tertiary alicyclic amines) is 1. The number of nitrogens with one attached hydrogen (secondary N) is 1. The number of fused-ring (bicyclic) bond motifs is 1. The summed E-state index contributed by atoms with van der Waals surface area (Å²) in [6, 6.07) is 10.6. The van der Waals surface area contributed by atoms with Gasteiger partial charge in [-0.2, -0.15) is 0 Å². The molecule has 0 unspecified atom stereocenters. The van der Waals surface area contributed by atoms with Crippen LogP contribution in [0.4, 0.5) is 4.79 Å². The molecule has 1 aliphatic heterocycles. The zero-order chi connectivity index (χ0) is 18.2. The Morgan fingerprint density at radius 2 is 1.76 bits per heavy atom. The van der Waals surface area contributed by atoms with E-state index in [0.717, 1.165) is 10.8 Å². The summed E-state index contributed by atoms with van der Waals surface area (Å²) in [5.74, 6) is -0.406. The van der Waals surface area contributed by atoms with E-state index < -0.39 is 5.60 Å². The lowest BCUT2D eigenvalue weighted by atomic mass is 10.0. The lowest BCUT2D eigenvalue weighted by molar-refractivity contribution is 0.00531. The molecule has 1 aliphatic rings. The molecule has 6 nitrogen and oxygen atoms in total. The predicted molar refractivity (Wildman–Crippen MR) is 94.7 cm³/mol. The van der Waals surface area contributed by atoms with Crippen molar-refractivity contribution in [2.75, 3.05) is 13.1 Å². The molecule has 0 bridgehead atoms. The Bertz CT molecular complexity index is 820. The molecule has 1 saturated heterocycles. The second-order valence-corrected chi connectivity index (χ2v) is 7.27. The van der Waals surface area contributed by atoms with Crippen LogP contribution in [0.1, 0.15) is 31.1 Å². The van der Waals surface area contributed by atoms with Gasteiger partial charge in [0.25, 0.3) is 5.91 Å². The van der Waals surface area contributed by atoms with Gasteiger partial charge in [-0.1, -0.05) is 24.3 Å². The van der Waals surface area contributed by atoms with E-state index >= 15 is 0 Å². The van der Waals surface area contributed by atoms with Gasteiger partial charge in [-0.05, 0) is 43.7 Å². The number of aromatic hydroxyl groups is 1.